The van der Waals surface area contributed by atoms with E-state index in [4.69, 9.17) is 4.74 Å². The van der Waals surface area contributed by atoms with E-state index in [1.165, 1.54) is 5.56 Å². The third-order valence-electron chi connectivity index (χ3n) is 3.61. The van der Waals surface area contributed by atoms with E-state index in [2.05, 4.69) is 34.0 Å². The monoisotopic (exact) mass is 393 g/mol. The van der Waals surface area contributed by atoms with Crippen LogP contribution in [0.2, 0.25) is 0 Å². The predicted octanol–water partition coefficient (Wildman–Crippen LogP) is 3.27. The van der Waals surface area contributed by atoms with Crippen LogP contribution in [0.3, 0.4) is 0 Å². The number of benzene rings is 2. The minimum Gasteiger partial charge on any atom is -0.493 e. The van der Waals surface area contributed by atoms with Crippen molar-refractivity contribution in [2.45, 2.75) is 6.42 Å². The third-order valence-corrected chi connectivity index (χ3v) is 4.33. The average molecular weight is 393 g/mol. The van der Waals surface area contributed by atoms with Crippen LogP contribution in [-0.4, -0.2) is 19.1 Å². The van der Waals surface area contributed by atoms with E-state index < -0.39 is 0 Å². The van der Waals surface area contributed by atoms with E-state index in [0.29, 0.717) is 24.6 Å². The molecule has 3 rings (SSSR count). The molecule has 0 fully saturated rings. The van der Waals surface area contributed by atoms with Crippen molar-refractivity contribution in [2.24, 2.45) is 5.92 Å². The topological polar surface area (TPSA) is 38.3 Å². The molecule has 1 N–H and O–H groups in total. The molecular weight excluding hydrogens is 377 g/mol. The molecule has 1 aliphatic heterocycles. The fourth-order valence-corrected chi connectivity index (χ4v) is 2.82. The molecule has 0 bridgehead atoms. The van der Waals surface area contributed by atoms with Crippen molar-refractivity contribution in [2.75, 3.05) is 13.2 Å². The number of ether oxygens (including phenoxy) is 1. The second-order valence-electron chi connectivity index (χ2n) is 5.21. The van der Waals surface area contributed by atoms with Gasteiger partial charge in [-0.1, -0.05) is 18.2 Å². The van der Waals surface area contributed by atoms with E-state index in [-0.39, 0.29) is 5.91 Å². The number of fused-ring (bicyclic) bond motifs is 1. The van der Waals surface area contributed by atoms with Crippen molar-refractivity contribution in [3.63, 3.8) is 0 Å². The number of hydrogen-bond donors (Lipinski definition) is 1. The molecular formula is C17H16INO2. The quantitative estimate of drug-likeness (QED) is 0.814. The lowest BCUT2D eigenvalue weighted by Gasteiger charge is -2.25. The number of hydrogen-bond acceptors (Lipinski definition) is 2. The normalized spacial score (nSPS) is 16.7. The lowest BCUT2D eigenvalue weighted by Crippen LogP contribution is -2.34. The minimum atomic E-state index is -0.0229. The van der Waals surface area contributed by atoms with Crippen molar-refractivity contribution in [1.82, 2.24) is 5.32 Å². The molecule has 0 saturated carbocycles. The maximum Gasteiger partial charge on any atom is 0.251 e. The van der Waals surface area contributed by atoms with Gasteiger partial charge in [0.25, 0.3) is 5.91 Å². The highest BCUT2D eigenvalue weighted by molar-refractivity contribution is 14.1. The Morgan fingerprint density at radius 2 is 1.95 bits per heavy atom. The maximum atomic E-state index is 12.1. The largest absolute Gasteiger partial charge is 0.493 e. The van der Waals surface area contributed by atoms with Crippen molar-refractivity contribution in [3.05, 3.63) is 63.2 Å². The summed E-state index contributed by atoms with van der Waals surface area (Å²) < 4.78 is 6.86. The number of amides is 1. The molecule has 1 unspecified atom stereocenters. The van der Waals surface area contributed by atoms with Gasteiger partial charge < -0.3 is 10.1 Å². The van der Waals surface area contributed by atoms with Gasteiger partial charge in [-0.05, 0) is 64.9 Å². The molecule has 4 heteroatoms. The number of carbonyl (C=O) groups is 1. The zero-order chi connectivity index (χ0) is 14.7. The van der Waals surface area contributed by atoms with E-state index >= 15 is 0 Å². The fourth-order valence-electron chi connectivity index (χ4n) is 2.46. The zero-order valence-corrected chi connectivity index (χ0v) is 13.7. The molecule has 0 saturated heterocycles. The van der Waals surface area contributed by atoms with Crippen molar-refractivity contribution >= 4 is 28.5 Å². The summed E-state index contributed by atoms with van der Waals surface area (Å²) in [6, 6.07) is 15.7. The van der Waals surface area contributed by atoms with Gasteiger partial charge in [0.05, 0.1) is 6.61 Å². The fraction of sp³-hybridized carbons (Fsp3) is 0.235. The van der Waals surface area contributed by atoms with Gasteiger partial charge in [-0.15, -0.1) is 0 Å². The van der Waals surface area contributed by atoms with E-state index in [1.54, 1.807) is 0 Å². The minimum absolute atomic E-state index is 0.0229. The van der Waals surface area contributed by atoms with Crippen LogP contribution in [0.15, 0.2) is 48.5 Å². The molecule has 3 nitrogen and oxygen atoms in total. The van der Waals surface area contributed by atoms with Crippen molar-refractivity contribution < 1.29 is 9.53 Å². The van der Waals surface area contributed by atoms with Crippen LogP contribution >= 0.6 is 22.6 Å². The van der Waals surface area contributed by atoms with Crippen molar-refractivity contribution in [3.8, 4) is 5.75 Å². The maximum absolute atomic E-state index is 12.1. The highest BCUT2D eigenvalue weighted by atomic mass is 127. The SMILES string of the molecule is O=C(NCC1COc2ccccc2C1)c1ccc(I)cc1. The number of para-hydroxylation sites is 1. The Labute approximate surface area is 137 Å². The summed E-state index contributed by atoms with van der Waals surface area (Å²) >= 11 is 2.23. The molecule has 2 aromatic carbocycles. The first kappa shape index (κ1) is 14.4. The average Bonchev–Trinajstić information content (AvgIpc) is 2.53. The molecule has 1 aliphatic rings. The Morgan fingerprint density at radius 1 is 1.19 bits per heavy atom. The Hall–Kier alpha value is -1.56. The first-order chi connectivity index (χ1) is 10.2. The van der Waals surface area contributed by atoms with Crippen LogP contribution < -0.4 is 10.1 Å². The van der Waals surface area contributed by atoms with E-state index in [9.17, 15) is 4.79 Å². The summed E-state index contributed by atoms with van der Waals surface area (Å²) in [5.74, 6) is 1.27. The second-order valence-corrected chi connectivity index (χ2v) is 6.45. The lowest BCUT2D eigenvalue weighted by molar-refractivity contribution is 0.0939. The van der Waals surface area contributed by atoms with Crippen LogP contribution in [0.5, 0.6) is 5.75 Å². The summed E-state index contributed by atoms with van der Waals surface area (Å²) in [5.41, 5.74) is 1.92. The van der Waals surface area contributed by atoms with Gasteiger partial charge in [-0.2, -0.15) is 0 Å². The molecule has 2 aromatic rings. The summed E-state index contributed by atoms with van der Waals surface area (Å²) in [7, 11) is 0. The molecule has 0 radical (unpaired) electrons. The zero-order valence-electron chi connectivity index (χ0n) is 11.5. The van der Waals surface area contributed by atoms with Crippen LogP contribution in [0, 0.1) is 9.49 Å². The smallest absolute Gasteiger partial charge is 0.251 e. The highest BCUT2D eigenvalue weighted by Crippen LogP contribution is 2.26. The standard InChI is InChI=1S/C17H16INO2/c18-15-7-5-13(6-8-15)17(20)19-10-12-9-14-3-1-2-4-16(14)21-11-12/h1-8,12H,9-11H2,(H,19,20). The molecule has 1 atom stereocenters. The Kier molecular flexibility index (Phi) is 4.43. The Balaban J connectivity index is 1.56. The van der Waals surface area contributed by atoms with Gasteiger partial charge in [-0.3, -0.25) is 4.79 Å². The van der Waals surface area contributed by atoms with Gasteiger partial charge in [-0.25, -0.2) is 0 Å². The van der Waals surface area contributed by atoms with Gasteiger partial charge in [0.15, 0.2) is 0 Å². The Morgan fingerprint density at radius 3 is 2.76 bits per heavy atom. The van der Waals surface area contributed by atoms with Crippen LogP contribution in [0.1, 0.15) is 15.9 Å². The second kappa shape index (κ2) is 6.47. The summed E-state index contributed by atoms with van der Waals surface area (Å²) in [5, 5.41) is 3.00. The third kappa shape index (κ3) is 3.56. The molecule has 108 valence electrons. The lowest BCUT2D eigenvalue weighted by atomic mass is 9.96. The van der Waals surface area contributed by atoms with E-state index in [0.717, 1.165) is 15.7 Å². The highest BCUT2D eigenvalue weighted by Gasteiger charge is 2.20. The van der Waals surface area contributed by atoms with Gasteiger partial charge in [0.2, 0.25) is 0 Å². The molecule has 21 heavy (non-hydrogen) atoms. The predicted molar refractivity (Wildman–Crippen MR) is 90.6 cm³/mol. The van der Waals surface area contributed by atoms with Gasteiger partial charge in [0.1, 0.15) is 5.75 Å². The first-order valence-corrected chi connectivity index (χ1v) is 8.05. The van der Waals surface area contributed by atoms with Gasteiger partial charge in [0, 0.05) is 21.6 Å². The molecule has 0 spiro atoms. The van der Waals surface area contributed by atoms with Crippen LogP contribution in [-0.2, 0) is 6.42 Å². The van der Waals surface area contributed by atoms with Gasteiger partial charge >= 0.3 is 0 Å². The van der Waals surface area contributed by atoms with E-state index in [1.807, 2.05) is 42.5 Å². The van der Waals surface area contributed by atoms with Crippen LogP contribution in [0.25, 0.3) is 0 Å². The Bertz CT molecular complexity index is 639. The summed E-state index contributed by atoms with van der Waals surface area (Å²) in [6.45, 7) is 1.29. The molecule has 0 aromatic heterocycles. The number of halogens is 1. The van der Waals surface area contributed by atoms with Crippen LogP contribution in [0.4, 0.5) is 0 Å². The number of rotatable bonds is 3. The number of nitrogens with one attached hydrogen (secondary N) is 1. The summed E-state index contributed by atoms with van der Waals surface area (Å²) in [6.07, 6.45) is 0.948. The molecule has 1 amide bonds. The first-order valence-electron chi connectivity index (χ1n) is 6.97. The molecule has 0 aliphatic carbocycles. The number of carbonyl (C=O) groups excluding carboxylic acids is 1. The van der Waals surface area contributed by atoms with Crippen molar-refractivity contribution in [1.29, 1.82) is 0 Å². The summed E-state index contributed by atoms with van der Waals surface area (Å²) in [4.78, 5) is 12.1. The molecule has 1 heterocycles.